The SMILES string of the molecule is c1ccc(-c2ccc(N(c3ccc(-c4cc5ccccc5c5ccccc45)cc3)c3ccccc3-c3cccc(-n4c5ccccc5c5c6ccccc6ccc54)c3)c(-c3ccccc3)c2)cc1. The van der Waals surface area contributed by atoms with Crippen LogP contribution in [0.1, 0.15) is 0 Å². The first-order chi connectivity index (χ1) is 33.7. The van der Waals surface area contributed by atoms with Gasteiger partial charge in [0.15, 0.2) is 0 Å². The van der Waals surface area contributed by atoms with Crippen LogP contribution in [-0.2, 0) is 0 Å². The zero-order chi connectivity index (χ0) is 45.0. The molecular weight excluding hydrogens is 821 g/mol. The van der Waals surface area contributed by atoms with E-state index in [9.17, 15) is 0 Å². The van der Waals surface area contributed by atoms with E-state index in [2.05, 4.69) is 276 Å². The van der Waals surface area contributed by atoms with E-state index in [1.165, 1.54) is 76.4 Å². The fraction of sp³-hybridized carbons (Fsp3) is 0. The first-order valence-electron chi connectivity index (χ1n) is 23.4. The van der Waals surface area contributed by atoms with Gasteiger partial charge >= 0.3 is 0 Å². The van der Waals surface area contributed by atoms with Crippen LogP contribution in [0.4, 0.5) is 17.1 Å². The Morgan fingerprint density at radius 2 is 0.853 bits per heavy atom. The zero-order valence-corrected chi connectivity index (χ0v) is 37.3. The molecule has 0 aliphatic heterocycles. The molecule has 13 rings (SSSR count). The maximum atomic E-state index is 2.47. The van der Waals surface area contributed by atoms with E-state index in [1.807, 2.05) is 0 Å². The molecule has 68 heavy (non-hydrogen) atoms. The molecule has 0 bridgehead atoms. The number of benzene rings is 12. The number of hydrogen-bond donors (Lipinski definition) is 0. The smallest absolute Gasteiger partial charge is 0.0547 e. The zero-order valence-electron chi connectivity index (χ0n) is 37.3. The van der Waals surface area contributed by atoms with Crippen molar-refractivity contribution in [2.45, 2.75) is 0 Å². The summed E-state index contributed by atoms with van der Waals surface area (Å²) in [7, 11) is 0. The number of aromatic nitrogens is 1. The van der Waals surface area contributed by atoms with Gasteiger partial charge in [0, 0.05) is 33.3 Å². The molecule has 0 N–H and O–H groups in total. The highest BCUT2D eigenvalue weighted by Crippen LogP contribution is 2.47. The van der Waals surface area contributed by atoms with Gasteiger partial charge in [-0.3, -0.25) is 0 Å². The molecule has 2 nitrogen and oxygen atoms in total. The minimum atomic E-state index is 1.07. The first kappa shape index (κ1) is 39.4. The Balaban J connectivity index is 1.02. The number of nitrogens with zero attached hydrogens (tertiary/aromatic N) is 2. The lowest BCUT2D eigenvalue weighted by Crippen LogP contribution is -2.12. The van der Waals surface area contributed by atoms with Crippen LogP contribution in [0.15, 0.2) is 267 Å². The topological polar surface area (TPSA) is 8.17 Å². The standard InChI is InChI=1S/C66H44N2/c1-3-18-45(19-4-1)49-37-40-64(61(43-49)46-20-5-2-6-21-46)67(52-38-34-48(35-39-52)60-44-51-23-8-9-26-54(51)57-29-11-12-30-58(57)60)62-32-15-13-27-55(62)50-24-17-25-53(42-50)68-63-33-16-14-31-59(63)66-56-28-10-7-22-47(56)36-41-65(66)68/h1-44H. The molecule has 0 radical (unpaired) electrons. The van der Waals surface area contributed by atoms with Gasteiger partial charge in [0.05, 0.1) is 22.4 Å². The Kier molecular flexibility index (Phi) is 9.54. The minimum absolute atomic E-state index is 1.07. The second-order valence-corrected chi connectivity index (χ2v) is 17.6. The minimum Gasteiger partial charge on any atom is -0.309 e. The molecule has 0 aliphatic carbocycles. The maximum Gasteiger partial charge on any atom is 0.0547 e. The third kappa shape index (κ3) is 6.65. The number of para-hydroxylation sites is 2. The number of anilines is 3. The van der Waals surface area contributed by atoms with Crippen LogP contribution in [0.3, 0.4) is 0 Å². The number of fused-ring (bicyclic) bond motifs is 8. The number of hydrogen-bond acceptors (Lipinski definition) is 1. The summed E-state index contributed by atoms with van der Waals surface area (Å²) < 4.78 is 2.44. The molecule has 0 unspecified atom stereocenters. The van der Waals surface area contributed by atoms with Crippen molar-refractivity contribution in [3.05, 3.63) is 267 Å². The third-order valence-corrected chi connectivity index (χ3v) is 13.8. The van der Waals surface area contributed by atoms with Crippen molar-refractivity contribution in [2.75, 3.05) is 4.90 Å². The van der Waals surface area contributed by atoms with Gasteiger partial charge in [-0.2, -0.15) is 0 Å². The summed E-state index contributed by atoms with van der Waals surface area (Å²) in [5.74, 6) is 0. The fourth-order valence-electron chi connectivity index (χ4n) is 10.6. The second kappa shape index (κ2) is 16.5. The largest absolute Gasteiger partial charge is 0.309 e. The van der Waals surface area contributed by atoms with Crippen LogP contribution < -0.4 is 4.90 Å². The van der Waals surface area contributed by atoms with Crippen LogP contribution in [0, 0.1) is 0 Å². The molecule has 12 aromatic carbocycles. The van der Waals surface area contributed by atoms with Crippen molar-refractivity contribution in [1.29, 1.82) is 0 Å². The summed E-state index contributed by atoms with van der Waals surface area (Å²) in [6, 6.07) is 97.6. The van der Waals surface area contributed by atoms with E-state index in [1.54, 1.807) is 0 Å². The molecule has 0 saturated heterocycles. The molecule has 0 amide bonds. The third-order valence-electron chi connectivity index (χ3n) is 13.8. The molecule has 0 fully saturated rings. The monoisotopic (exact) mass is 864 g/mol. The molecular formula is C66H44N2. The lowest BCUT2D eigenvalue weighted by atomic mass is 9.93. The van der Waals surface area contributed by atoms with Crippen molar-refractivity contribution < 1.29 is 0 Å². The predicted molar refractivity (Wildman–Crippen MR) is 290 cm³/mol. The average Bonchev–Trinajstić information content (AvgIpc) is 3.77. The molecule has 13 aromatic rings. The van der Waals surface area contributed by atoms with E-state index >= 15 is 0 Å². The predicted octanol–water partition coefficient (Wildman–Crippen LogP) is 18.4. The first-order valence-corrected chi connectivity index (χ1v) is 23.4. The maximum absolute atomic E-state index is 2.47. The number of rotatable bonds is 8. The Bertz CT molecular complexity index is 4020. The average molecular weight is 865 g/mol. The van der Waals surface area contributed by atoms with Gasteiger partial charge in [0.1, 0.15) is 0 Å². The van der Waals surface area contributed by atoms with Crippen molar-refractivity contribution in [3.63, 3.8) is 0 Å². The summed E-state index contributed by atoms with van der Waals surface area (Å²) in [6.45, 7) is 0. The Labute approximate surface area is 395 Å². The summed E-state index contributed by atoms with van der Waals surface area (Å²) in [4.78, 5) is 2.47. The molecule has 2 heteroatoms. The lowest BCUT2D eigenvalue weighted by molar-refractivity contribution is 1.18. The van der Waals surface area contributed by atoms with Gasteiger partial charge in [0.2, 0.25) is 0 Å². The van der Waals surface area contributed by atoms with Crippen LogP contribution in [0.25, 0.3) is 104 Å². The Morgan fingerprint density at radius 1 is 0.265 bits per heavy atom. The van der Waals surface area contributed by atoms with Gasteiger partial charge in [-0.25, -0.2) is 0 Å². The van der Waals surface area contributed by atoms with Crippen molar-refractivity contribution >= 4 is 71.2 Å². The quantitative estimate of drug-likeness (QED) is 0.138. The highest BCUT2D eigenvalue weighted by molar-refractivity contribution is 6.21. The molecule has 0 atom stereocenters. The van der Waals surface area contributed by atoms with Crippen LogP contribution in [-0.4, -0.2) is 4.57 Å². The summed E-state index contributed by atoms with van der Waals surface area (Å²) >= 11 is 0. The van der Waals surface area contributed by atoms with Gasteiger partial charge in [-0.05, 0) is 126 Å². The van der Waals surface area contributed by atoms with E-state index < -0.39 is 0 Å². The van der Waals surface area contributed by atoms with Crippen LogP contribution in [0.2, 0.25) is 0 Å². The van der Waals surface area contributed by atoms with Crippen molar-refractivity contribution in [3.8, 4) is 50.2 Å². The normalized spacial score (nSPS) is 11.5. The van der Waals surface area contributed by atoms with Gasteiger partial charge in [-0.1, -0.05) is 206 Å². The molecule has 0 aliphatic rings. The van der Waals surface area contributed by atoms with Crippen LogP contribution >= 0.6 is 0 Å². The Morgan fingerprint density at radius 3 is 1.66 bits per heavy atom. The van der Waals surface area contributed by atoms with E-state index in [0.717, 1.165) is 45.0 Å². The van der Waals surface area contributed by atoms with Crippen LogP contribution in [0.5, 0.6) is 0 Å². The van der Waals surface area contributed by atoms with Gasteiger partial charge < -0.3 is 9.47 Å². The summed E-state index contributed by atoms with van der Waals surface area (Å²) in [5.41, 5.74) is 16.1. The molecule has 1 heterocycles. The summed E-state index contributed by atoms with van der Waals surface area (Å²) in [5, 5.41) is 10.1. The summed E-state index contributed by atoms with van der Waals surface area (Å²) in [6.07, 6.45) is 0. The van der Waals surface area contributed by atoms with E-state index in [4.69, 9.17) is 0 Å². The molecule has 1 aromatic heterocycles. The Hall–Kier alpha value is -8.98. The highest BCUT2D eigenvalue weighted by atomic mass is 15.1. The molecule has 0 saturated carbocycles. The van der Waals surface area contributed by atoms with Crippen molar-refractivity contribution in [2.24, 2.45) is 0 Å². The second-order valence-electron chi connectivity index (χ2n) is 17.6. The molecule has 0 spiro atoms. The fourth-order valence-corrected chi connectivity index (χ4v) is 10.6. The van der Waals surface area contributed by atoms with Gasteiger partial charge in [-0.15, -0.1) is 0 Å². The van der Waals surface area contributed by atoms with Crippen molar-refractivity contribution in [1.82, 2.24) is 4.57 Å². The van der Waals surface area contributed by atoms with Gasteiger partial charge in [0.25, 0.3) is 0 Å². The molecule has 318 valence electrons. The highest BCUT2D eigenvalue weighted by Gasteiger charge is 2.23. The van der Waals surface area contributed by atoms with E-state index in [0.29, 0.717) is 0 Å². The lowest BCUT2D eigenvalue weighted by Gasteiger charge is -2.30. The van der Waals surface area contributed by atoms with E-state index in [-0.39, 0.29) is 0 Å².